The lowest BCUT2D eigenvalue weighted by Crippen LogP contribution is -2.32. The zero-order chi connectivity index (χ0) is 14.7. The first-order chi connectivity index (χ1) is 9.52. The fourth-order valence-corrected chi connectivity index (χ4v) is 2.18. The quantitative estimate of drug-likeness (QED) is 0.826. The van der Waals surface area contributed by atoms with Crippen LogP contribution in [0, 0.1) is 11.6 Å². The first-order valence-corrected chi connectivity index (χ1v) is 6.50. The van der Waals surface area contributed by atoms with Gasteiger partial charge in [0, 0.05) is 31.5 Å². The van der Waals surface area contributed by atoms with Gasteiger partial charge >= 0.3 is 6.03 Å². The Balaban J connectivity index is 2.42. The van der Waals surface area contributed by atoms with Crippen LogP contribution in [0.4, 0.5) is 13.6 Å². The number of halogens is 3. The zero-order valence-corrected chi connectivity index (χ0v) is 11.3. The molecular formula is C12H13ClF2N4O. The van der Waals surface area contributed by atoms with E-state index in [1.807, 2.05) is 0 Å². The zero-order valence-electron chi connectivity index (χ0n) is 10.5. The van der Waals surface area contributed by atoms with Crippen molar-refractivity contribution in [2.75, 3.05) is 12.4 Å². The molecule has 0 atom stereocenters. The number of imidazole rings is 1. The molecule has 1 aromatic carbocycles. The molecule has 0 radical (unpaired) electrons. The summed E-state index contributed by atoms with van der Waals surface area (Å²) in [6.45, 7) is 0.531. The Morgan fingerprint density at radius 2 is 2.20 bits per heavy atom. The van der Waals surface area contributed by atoms with Gasteiger partial charge in [0.2, 0.25) is 0 Å². The van der Waals surface area contributed by atoms with Gasteiger partial charge in [-0.25, -0.2) is 18.6 Å². The standard InChI is InChI=1S/C12H13ClF2N4O/c13-2-1-10-18-11-8(15)5-7(14)6-9(11)19(10)4-3-17-12(16)20/h5-6H,1-4H2,(H3,16,17,20). The van der Waals surface area contributed by atoms with E-state index in [2.05, 4.69) is 10.3 Å². The van der Waals surface area contributed by atoms with Gasteiger partial charge in [0.1, 0.15) is 17.2 Å². The van der Waals surface area contributed by atoms with E-state index in [-0.39, 0.29) is 12.1 Å². The Labute approximate surface area is 118 Å². The van der Waals surface area contributed by atoms with Crippen molar-refractivity contribution < 1.29 is 13.6 Å². The van der Waals surface area contributed by atoms with Crippen molar-refractivity contribution in [2.24, 2.45) is 5.73 Å². The van der Waals surface area contributed by atoms with Gasteiger partial charge in [0.25, 0.3) is 0 Å². The fourth-order valence-electron chi connectivity index (χ4n) is 2.01. The molecule has 0 bridgehead atoms. The first kappa shape index (κ1) is 14.5. The largest absolute Gasteiger partial charge is 0.352 e. The number of hydrogen-bond donors (Lipinski definition) is 2. The Hall–Kier alpha value is -1.89. The van der Waals surface area contributed by atoms with Gasteiger partial charge in [-0.05, 0) is 6.07 Å². The second-order valence-electron chi connectivity index (χ2n) is 4.17. The smallest absolute Gasteiger partial charge is 0.312 e. The molecule has 2 amide bonds. The average molecular weight is 303 g/mol. The summed E-state index contributed by atoms with van der Waals surface area (Å²) in [7, 11) is 0. The number of urea groups is 1. The minimum atomic E-state index is -0.725. The van der Waals surface area contributed by atoms with Crippen molar-refractivity contribution in [1.29, 1.82) is 0 Å². The van der Waals surface area contributed by atoms with E-state index in [0.717, 1.165) is 6.07 Å². The van der Waals surface area contributed by atoms with Crippen LogP contribution in [0.25, 0.3) is 11.0 Å². The van der Waals surface area contributed by atoms with Crippen LogP contribution in [0.3, 0.4) is 0 Å². The first-order valence-electron chi connectivity index (χ1n) is 5.96. The number of carbonyl (C=O) groups excluding carboxylic acids is 1. The Morgan fingerprint density at radius 3 is 2.85 bits per heavy atom. The molecule has 2 aromatic rings. The Morgan fingerprint density at radius 1 is 1.45 bits per heavy atom. The number of aromatic nitrogens is 2. The number of nitrogens with zero attached hydrogens (tertiary/aromatic N) is 2. The molecule has 0 aliphatic rings. The Kier molecular flexibility index (Phi) is 4.39. The highest BCUT2D eigenvalue weighted by Gasteiger charge is 2.15. The SMILES string of the molecule is NC(=O)NCCn1c(CCCl)nc2c(F)cc(F)cc21. The third-order valence-electron chi connectivity index (χ3n) is 2.80. The minimum absolute atomic E-state index is 0.0885. The van der Waals surface area contributed by atoms with E-state index in [0.29, 0.717) is 30.2 Å². The number of benzene rings is 1. The molecule has 3 N–H and O–H groups in total. The molecule has 8 heteroatoms. The molecule has 5 nitrogen and oxygen atoms in total. The van der Waals surface area contributed by atoms with Gasteiger partial charge in [-0.15, -0.1) is 11.6 Å². The normalized spacial score (nSPS) is 10.9. The number of carbonyl (C=O) groups is 1. The predicted octanol–water partition coefficient (Wildman–Crippen LogP) is 1.76. The lowest BCUT2D eigenvalue weighted by molar-refractivity contribution is 0.248. The number of hydrogen-bond acceptors (Lipinski definition) is 2. The van der Waals surface area contributed by atoms with Crippen LogP contribution < -0.4 is 11.1 Å². The second kappa shape index (κ2) is 6.04. The summed E-state index contributed by atoms with van der Waals surface area (Å²) in [5.41, 5.74) is 5.39. The van der Waals surface area contributed by atoms with Crippen LogP contribution in [0.2, 0.25) is 0 Å². The molecular weight excluding hydrogens is 290 g/mol. The van der Waals surface area contributed by atoms with Crippen LogP contribution in [0.1, 0.15) is 5.82 Å². The predicted molar refractivity (Wildman–Crippen MR) is 71.7 cm³/mol. The number of rotatable bonds is 5. The highest BCUT2D eigenvalue weighted by Crippen LogP contribution is 2.21. The third kappa shape index (κ3) is 2.98. The minimum Gasteiger partial charge on any atom is -0.352 e. The van der Waals surface area contributed by atoms with Gasteiger partial charge in [-0.2, -0.15) is 0 Å². The molecule has 2 rings (SSSR count). The van der Waals surface area contributed by atoms with E-state index in [1.165, 1.54) is 6.07 Å². The average Bonchev–Trinajstić information content (AvgIpc) is 2.68. The molecule has 1 heterocycles. The summed E-state index contributed by atoms with van der Waals surface area (Å²) in [5, 5.41) is 2.42. The highest BCUT2D eigenvalue weighted by atomic mass is 35.5. The second-order valence-corrected chi connectivity index (χ2v) is 4.54. The van der Waals surface area contributed by atoms with Crippen LogP contribution in [0.5, 0.6) is 0 Å². The number of primary amides is 1. The maximum absolute atomic E-state index is 13.7. The molecule has 1 aromatic heterocycles. The van der Waals surface area contributed by atoms with Crippen molar-refractivity contribution in [3.05, 3.63) is 29.6 Å². The molecule has 0 spiro atoms. The lowest BCUT2D eigenvalue weighted by atomic mass is 10.3. The molecule has 108 valence electrons. The topological polar surface area (TPSA) is 72.9 Å². The van der Waals surface area contributed by atoms with E-state index in [4.69, 9.17) is 17.3 Å². The maximum atomic E-state index is 13.7. The third-order valence-corrected chi connectivity index (χ3v) is 2.99. The van der Waals surface area contributed by atoms with E-state index in [9.17, 15) is 13.6 Å². The van der Waals surface area contributed by atoms with Gasteiger partial charge in [0.05, 0.1) is 5.52 Å². The van der Waals surface area contributed by atoms with Gasteiger partial charge in [0.15, 0.2) is 5.82 Å². The van der Waals surface area contributed by atoms with Crippen LogP contribution >= 0.6 is 11.6 Å². The Bertz CT molecular complexity index is 644. The highest BCUT2D eigenvalue weighted by molar-refractivity contribution is 6.17. The molecule has 0 aliphatic heterocycles. The van der Waals surface area contributed by atoms with Gasteiger partial charge in [-0.3, -0.25) is 0 Å². The maximum Gasteiger partial charge on any atom is 0.312 e. The van der Waals surface area contributed by atoms with Crippen molar-refractivity contribution in [3.63, 3.8) is 0 Å². The molecule has 0 saturated carbocycles. The molecule has 0 fully saturated rings. The lowest BCUT2D eigenvalue weighted by Gasteiger charge is -2.08. The van der Waals surface area contributed by atoms with Crippen molar-refractivity contribution in [2.45, 2.75) is 13.0 Å². The van der Waals surface area contributed by atoms with E-state index < -0.39 is 17.7 Å². The summed E-state index contributed by atoms with van der Waals surface area (Å²) in [5.74, 6) is -0.573. The fraction of sp³-hybridized carbons (Fsp3) is 0.333. The number of alkyl halides is 1. The van der Waals surface area contributed by atoms with Gasteiger partial charge in [-0.1, -0.05) is 0 Å². The monoisotopic (exact) mass is 302 g/mol. The molecule has 0 saturated heterocycles. The molecule has 20 heavy (non-hydrogen) atoms. The number of amides is 2. The number of fused-ring (bicyclic) bond motifs is 1. The summed E-state index contributed by atoms with van der Waals surface area (Å²) >= 11 is 5.68. The van der Waals surface area contributed by atoms with Crippen molar-refractivity contribution in [1.82, 2.24) is 14.9 Å². The van der Waals surface area contributed by atoms with Crippen LogP contribution in [-0.4, -0.2) is 28.0 Å². The summed E-state index contributed by atoms with van der Waals surface area (Å²) in [6, 6.07) is 1.32. The summed E-state index contributed by atoms with van der Waals surface area (Å²) in [4.78, 5) is 14.8. The van der Waals surface area contributed by atoms with Crippen molar-refractivity contribution in [3.8, 4) is 0 Å². The molecule has 0 aliphatic carbocycles. The molecule has 0 unspecified atom stereocenters. The number of aryl methyl sites for hydroxylation is 1. The van der Waals surface area contributed by atoms with Crippen LogP contribution in [0.15, 0.2) is 12.1 Å². The van der Waals surface area contributed by atoms with Crippen LogP contribution in [-0.2, 0) is 13.0 Å². The van der Waals surface area contributed by atoms with Crippen molar-refractivity contribution >= 4 is 28.7 Å². The summed E-state index contributed by atoms with van der Waals surface area (Å²) < 4.78 is 28.6. The van der Waals surface area contributed by atoms with E-state index >= 15 is 0 Å². The van der Waals surface area contributed by atoms with E-state index in [1.54, 1.807) is 4.57 Å². The number of nitrogens with one attached hydrogen (secondary N) is 1. The summed E-state index contributed by atoms with van der Waals surface area (Å²) in [6.07, 6.45) is 0.411. The number of nitrogens with two attached hydrogens (primary N) is 1. The van der Waals surface area contributed by atoms with Gasteiger partial charge < -0.3 is 15.6 Å².